The fraction of sp³-hybridized carbons (Fsp3) is 0.0323. The summed E-state index contributed by atoms with van der Waals surface area (Å²) in [6.45, 7) is 0. The van der Waals surface area contributed by atoms with Crippen molar-refractivity contribution in [2.24, 2.45) is 0 Å². The number of para-hydroxylation sites is 1. The van der Waals surface area contributed by atoms with Crippen molar-refractivity contribution in [1.82, 2.24) is 0 Å². The predicted octanol–water partition coefficient (Wildman–Crippen LogP) is 7.93. The van der Waals surface area contributed by atoms with Crippen LogP contribution in [0.2, 0.25) is 0 Å². The van der Waals surface area contributed by atoms with Crippen LogP contribution in [0.1, 0.15) is 22.3 Å². The summed E-state index contributed by atoms with van der Waals surface area (Å²) in [6, 6.07) is 43.1. The lowest BCUT2D eigenvalue weighted by atomic mass is 9.67. The molecule has 0 bridgehead atoms. The first-order valence-corrected chi connectivity index (χ1v) is 11.2. The Morgan fingerprint density at radius 3 is 1.64 bits per heavy atom. The Morgan fingerprint density at radius 1 is 0.485 bits per heavy atom. The molecule has 158 valence electrons. The van der Waals surface area contributed by atoms with Crippen LogP contribution < -0.4 is 5.32 Å². The minimum Gasteiger partial charge on any atom is -0.355 e. The first-order valence-electron chi connectivity index (χ1n) is 11.2. The Hall–Kier alpha value is -4.17. The quantitative estimate of drug-likeness (QED) is 0.301. The van der Waals surface area contributed by atoms with Crippen molar-refractivity contribution in [3.63, 3.8) is 0 Å². The number of nitrogens with one attached hydrogen (secondary N) is 1. The van der Waals surface area contributed by atoms with Crippen LogP contribution in [0, 0.1) is 5.82 Å². The summed E-state index contributed by atoms with van der Waals surface area (Å²) in [7, 11) is 0. The largest absolute Gasteiger partial charge is 0.355 e. The van der Waals surface area contributed by atoms with Gasteiger partial charge in [-0.2, -0.15) is 0 Å². The van der Waals surface area contributed by atoms with E-state index in [1.54, 1.807) is 12.1 Å². The second-order valence-electron chi connectivity index (χ2n) is 8.38. The van der Waals surface area contributed by atoms with E-state index in [1.165, 1.54) is 39.9 Å². The third-order valence-electron chi connectivity index (χ3n) is 6.61. The molecule has 1 aliphatic rings. The average molecular weight is 428 g/mol. The second-order valence-corrected chi connectivity index (χ2v) is 8.38. The number of hydrogen-bond acceptors (Lipinski definition) is 1. The number of anilines is 2. The molecule has 33 heavy (non-hydrogen) atoms. The zero-order valence-corrected chi connectivity index (χ0v) is 18.0. The highest BCUT2D eigenvalue weighted by atomic mass is 19.1. The molecule has 0 aromatic heterocycles. The summed E-state index contributed by atoms with van der Waals surface area (Å²) < 4.78 is 13.5. The predicted molar refractivity (Wildman–Crippen MR) is 133 cm³/mol. The molecular weight excluding hydrogens is 405 g/mol. The molecule has 0 unspecified atom stereocenters. The van der Waals surface area contributed by atoms with Crippen LogP contribution in [0.25, 0.3) is 11.1 Å². The molecule has 0 atom stereocenters. The molecule has 0 amide bonds. The third kappa shape index (κ3) is 2.99. The lowest BCUT2D eigenvalue weighted by Gasteiger charge is -2.35. The van der Waals surface area contributed by atoms with Crippen molar-refractivity contribution >= 4 is 11.4 Å². The highest BCUT2D eigenvalue weighted by Gasteiger charge is 2.46. The van der Waals surface area contributed by atoms with Crippen LogP contribution in [0.5, 0.6) is 0 Å². The molecule has 6 rings (SSSR count). The van der Waals surface area contributed by atoms with E-state index in [0.717, 1.165) is 16.9 Å². The van der Waals surface area contributed by atoms with Gasteiger partial charge in [-0.05, 0) is 63.7 Å². The van der Waals surface area contributed by atoms with E-state index < -0.39 is 5.41 Å². The minimum absolute atomic E-state index is 0.242. The molecule has 2 heteroatoms. The maximum Gasteiger partial charge on any atom is 0.123 e. The highest BCUT2D eigenvalue weighted by Crippen LogP contribution is 2.57. The van der Waals surface area contributed by atoms with Crippen LogP contribution in [0.4, 0.5) is 15.8 Å². The summed E-state index contributed by atoms with van der Waals surface area (Å²) in [5.41, 5.74) is 8.82. The van der Waals surface area contributed by atoms with Crippen molar-refractivity contribution in [1.29, 1.82) is 0 Å². The van der Waals surface area contributed by atoms with E-state index in [4.69, 9.17) is 0 Å². The van der Waals surface area contributed by atoms with Crippen LogP contribution in [0.3, 0.4) is 0 Å². The number of hydrogen-bond donors (Lipinski definition) is 1. The molecular formula is C31H22FN. The van der Waals surface area contributed by atoms with Gasteiger partial charge in [0.05, 0.1) is 5.41 Å². The molecule has 0 radical (unpaired) electrons. The monoisotopic (exact) mass is 427 g/mol. The Labute approximate surface area is 193 Å². The summed E-state index contributed by atoms with van der Waals surface area (Å²) in [5, 5.41) is 3.57. The van der Waals surface area contributed by atoms with Gasteiger partial charge in [0, 0.05) is 11.4 Å². The maximum absolute atomic E-state index is 13.5. The molecule has 0 saturated heterocycles. The van der Waals surface area contributed by atoms with Gasteiger partial charge in [0.1, 0.15) is 5.82 Å². The van der Waals surface area contributed by atoms with E-state index in [0.29, 0.717) is 0 Å². The van der Waals surface area contributed by atoms with Crippen molar-refractivity contribution in [2.75, 3.05) is 5.32 Å². The number of rotatable bonds is 4. The topological polar surface area (TPSA) is 12.0 Å². The zero-order chi connectivity index (χ0) is 22.3. The molecule has 5 aromatic carbocycles. The molecule has 0 heterocycles. The smallest absolute Gasteiger partial charge is 0.123 e. The molecule has 0 fully saturated rings. The van der Waals surface area contributed by atoms with E-state index in [2.05, 4.69) is 102 Å². The number of halogens is 1. The molecule has 5 aromatic rings. The second kappa shape index (κ2) is 7.75. The SMILES string of the molecule is Fc1ccc(Nc2ccccc2C2(c3ccccc3)c3ccccc3-c3ccccc32)cc1. The Balaban J connectivity index is 1.68. The lowest BCUT2D eigenvalue weighted by molar-refractivity contribution is 0.628. The summed E-state index contributed by atoms with van der Waals surface area (Å²) in [4.78, 5) is 0. The van der Waals surface area contributed by atoms with Gasteiger partial charge in [-0.15, -0.1) is 0 Å². The van der Waals surface area contributed by atoms with Gasteiger partial charge >= 0.3 is 0 Å². The highest BCUT2D eigenvalue weighted by molar-refractivity contribution is 5.88. The lowest BCUT2D eigenvalue weighted by Crippen LogP contribution is -2.29. The maximum atomic E-state index is 13.5. The van der Waals surface area contributed by atoms with Gasteiger partial charge in [-0.3, -0.25) is 0 Å². The molecule has 0 spiro atoms. The average Bonchev–Trinajstić information content (AvgIpc) is 3.18. The Morgan fingerprint density at radius 2 is 1.00 bits per heavy atom. The van der Waals surface area contributed by atoms with Gasteiger partial charge in [-0.25, -0.2) is 4.39 Å². The molecule has 1 N–H and O–H groups in total. The fourth-order valence-corrected chi connectivity index (χ4v) is 5.29. The van der Waals surface area contributed by atoms with Crippen molar-refractivity contribution < 1.29 is 4.39 Å². The zero-order valence-electron chi connectivity index (χ0n) is 18.0. The van der Waals surface area contributed by atoms with Gasteiger partial charge < -0.3 is 5.32 Å². The Kier molecular flexibility index (Phi) is 4.58. The van der Waals surface area contributed by atoms with Crippen LogP contribution in [0.15, 0.2) is 127 Å². The number of benzene rings is 5. The summed E-state index contributed by atoms with van der Waals surface area (Å²) in [5.74, 6) is -0.242. The van der Waals surface area contributed by atoms with E-state index in [1.807, 2.05) is 6.07 Å². The van der Waals surface area contributed by atoms with Crippen LogP contribution in [-0.4, -0.2) is 0 Å². The molecule has 1 nitrogen and oxygen atoms in total. The van der Waals surface area contributed by atoms with Gasteiger partial charge in [0.25, 0.3) is 0 Å². The fourth-order valence-electron chi connectivity index (χ4n) is 5.29. The van der Waals surface area contributed by atoms with Gasteiger partial charge in [-0.1, -0.05) is 97.1 Å². The summed E-state index contributed by atoms with van der Waals surface area (Å²) >= 11 is 0. The Bertz CT molecular complexity index is 1390. The van der Waals surface area contributed by atoms with Crippen LogP contribution in [-0.2, 0) is 5.41 Å². The van der Waals surface area contributed by atoms with Crippen molar-refractivity contribution in [3.8, 4) is 11.1 Å². The third-order valence-corrected chi connectivity index (χ3v) is 6.61. The van der Waals surface area contributed by atoms with E-state index >= 15 is 0 Å². The molecule has 0 saturated carbocycles. The van der Waals surface area contributed by atoms with Crippen LogP contribution >= 0.6 is 0 Å². The van der Waals surface area contributed by atoms with Crippen molar-refractivity contribution in [3.05, 3.63) is 155 Å². The summed E-state index contributed by atoms with van der Waals surface area (Å²) in [6.07, 6.45) is 0. The van der Waals surface area contributed by atoms with E-state index in [-0.39, 0.29) is 5.82 Å². The standard InChI is InChI=1S/C31H22FN/c32-23-18-20-24(21-19-23)33-30-17-9-8-16-29(30)31(22-10-2-1-3-11-22)27-14-6-4-12-25(27)26-13-5-7-15-28(26)31/h1-21,33H. The normalized spacial score (nSPS) is 13.2. The molecule has 1 aliphatic carbocycles. The number of fused-ring (bicyclic) bond motifs is 3. The molecule has 0 aliphatic heterocycles. The first kappa shape index (κ1) is 19.5. The van der Waals surface area contributed by atoms with Gasteiger partial charge in [0.15, 0.2) is 0 Å². The van der Waals surface area contributed by atoms with Crippen molar-refractivity contribution in [2.45, 2.75) is 5.41 Å². The van der Waals surface area contributed by atoms with Gasteiger partial charge in [0.2, 0.25) is 0 Å². The minimum atomic E-state index is -0.474. The van der Waals surface area contributed by atoms with E-state index in [9.17, 15) is 4.39 Å². The first-order chi connectivity index (χ1) is 16.3.